The van der Waals surface area contributed by atoms with Gasteiger partial charge in [0.2, 0.25) is 0 Å². The molecular formula is C22H27N7. The van der Waals surface area contributed by atoms with Gasteiger partial charge in [0.05, 0.1) is 22.6 Å². The van der Waals surface area contributed by atoms with E-state index in [4.69, 9.17) is 5.10 Å². The Morgan fingerprint density at radius 1 is 1.21 bits per heavy atom. The Hall–Kier alpha value is -2.93. The molecule has 0 saturated carbocycles. The summed E-state index contributed by atoms with van der Waals surface area (Å²) in [5.74, 6) is 1.63. The molecule has 1 aliphatic rings. The van der Waals surface area contributed by atoms with Crippen molar-refractivity contribution in [1.29, 1.82) is 0 Å². The van der Waals surface area contributed by atoms with Crippen LogP contribution in [0.2, 0.25) is 0 Å². The molecule has 2 N–H and O–H groups in total. The van der Waals surface area contributed by atoms with Crippen molar-refractivity contribution >= 4 is 22.2 Å². The molecule has 4 aromatic heterocycles. The van der Waals surface area contributed by atoms with Gasteiger partial charge in [-0.15, -0.1) is 0 Å². The van der Waals surface area contributed by atoms with E-state index in [2.05, 4.69) is 57.6 Å². The SMILES string of the molecule is CC(C)n1nc(NCC2CCNCC2)c2cnn3cc(-c4cccnc4)cc3c21. The lowest BCUT2D eigenvalue weighted by atomic mass is 9.98. The van der Waals surface area contributed by atoms with Crippen molar-refractivity contribution in [2.45, 2.75) is 32.7 Å². The van der Waals surface area contributed by atoms with E-state index < -0.39 is 0 Å². The fourth-order valence-electron chi connectivity index (χ4n) is 4.19. The molecule has 5 rings (SSSR count). The number of fused-ring (bicyclic) bond motifs is 3. The van der Waals surface area contributed by atoms with E-state index in [1.54, 1.807) is 6.20 Å². The van der Waals surface area contributed by atoms with E-state index in [1.807, 2.05) is 23.0 Å². The normalized spacial score (nSPS) is 15.6. The lowest BCUT2D eigenvalue weighted by Gasteiger charge is -2.22. The molecule has 4 aromatic rings. The van der Waals surface area contributed by atoms with Crippen LogP contribution in [0.15, 0.2) is 43.0 Å². The van der Waals surface area contributed by atoms with E-state index in [-0.39, 0.29) is 6.04 Å². The van der Waals surface area contributed by atoms with Crippen LogP contribution >= 0.6 is 0 Å². The van der Waals surface area contributed by atoms with E-state index in [0.717, 1.165) is 53.0 Å². The van der Waals surface area contributed by atoms with Crippen LogP contribution in [0, 0.1) is 5.92 Å². The van der Waals surface area contributed by atoms with Crippen molar-refractivity contribution in [3.63, 3.8) is 0 Å². The van der Waals surface area contributed by atoms with Gasteiger partial charge in [0.25, 0.3) is 0 Å². The van der Waals surface area contributed by atoms with Crippen LogP contribution in [0.3, 0.4) is 0 Å². The first-order valence-electron chi connectivity index (χ1n) is 10.5. The zero-order valence-electron chi connectivity index (χ0n) is 17.0. The second-order valence-electron chi connectivity index (χ2n) is 8.17. The number of nitrogens with one attached hydrogen (secondary N) is 2. The average molecular weight is 390 g/mol. The molecule has 1 aliphatic heterocycles. The minimum atomic E-state index is 0.259. The minimum Gasteiger partial charge on any atom is -0.368 e. The van der Waals surface area contributed by atoms with Crippen LogP contribution in [0.5, 0.6) is 0 Å². The molecule has 0 aliphatic carbocycles. The van der Waals surface area contributed by atoms with Crippen molar-refractivity contribution in [2.24, 2.45) is 5.92 Å². The first kappa shape index (κ1) is 18.1. The van der Waals surface area contributed by atoms with Gasteiger partial charge in [-0.25, -0.2) is 4.52 Å². The monoisotopic (exact) mass is 389 g/mol. The topological polar surface area (TPSA) is 72.1 Å². The molecule has 7 heteroatoms. The molecule has 1 fully saturated rings. The van der Waals surface area contributed by atoms with E-state index in [0.29, 0.717) is 5.92 Å². The van der Waals surface area contributed by atoms with E-state index >= 15 is 0 Å². The van der Waals surface area contributed by atoms with E-state index in [1.165, 1.54) is 12.8 Å². The maximum atomic E-state index is 4.93. The standard InChI is InChI=1S/C22H27N7/c1-15(2)29-21-19(22(27-29)25-11-16-5-8-23-9-6-16)13-26-28-14-18(10-20(21)28)17-4-3-7-24-12-17/h3-4,7,10,12-16,23H,5-6,8-9,11H2,1-2H3,(H,25,27). The molecule has 0 atom stereocenters. The Morgan fingerprint density at radius 2 is 2.07 bits per heavy atom. The Kier molecular flexibility index (Phi) is 4.67. The Labute approximate surface area is 170 Å². The third-order valence-electron chi connectivity index (χ3n) is 5.80. The quantitative estimate of drug-likeness (QED) is 0.544. The molecule has 0 amide bonds. The van der Waals surface area contributed by atoms with Crippen LogP contribution < -0.4 is 10.6 Å². The molecule has 7 nitrogen and oxygen atoms in total. The second kappa shape index (κ2) is 7.48. The molecule has 0 spiro atoms. The zero-order chi connectivity index (χ0) is 19.8. The molecular weight excluding hydrogens is 362 g/mol. The number of pyridine rings is 1. The maximum Gasteiger partial charge on any atom is 0.157 e. The summed E-state index contributed by atoms with van der Waals surface area (Å²) in [6.07, 6.45) is 10.1. The van der Waals surface area contributed by atoms with Crippen LogP contribution in [-0.4, -0.2) is 44.0 Å². The van der Waals surface area contributed by atoms with Crippen molar-refractivity contribution < 1.29 is 0 Å². The highest BCUT2D eigenvalue weighted by Crippen LogP contribution is 2.31. The molecule has 5 heterocycles. The zero-order valence-corrected chi connectivity index (χ0v) is 17.0. The molecule has 0 aromatic carbocycles. The lowest BCUT2D eigenvalue weighted by molar-refractivity contribution is 0.389. The van der Waals surface area contributed by atoms with Crippen LogP contribution in [0.25, 0.3) is 27.5 Å². The van der Waals surface area contributed by atoms with Gasteiger partial charge in [-0.2, -0.15) is 10.2 Å². The van der Waals surface area contributed by atoms with Gasteiger partial charge in [0, 0.05) is 42.3 Å². The third-order valence-corrected chi connectivity index (χ3v) is 5.80. The largest absolute Gasteiger partial charge is 0.368 e. The summed E-state index contributed by atoms with van der Waals surface area (Å²) in [6, 6.07) is 6.48. The van der Waals surface area contributed by atoms with Crippen LogP contribution in [-0.2, 0) is 0 Å². The van der Waals surface area contributed by atoms with Crippen molar-refractivity contribution in [1.82, 2.24) is 29.7 Å². The van der Waals surface area contributed by atoms with Gasteiger partial charge in [-0.1, -0.05) is 6.07 Å². The molecule has 0 radical (unpaired) electrons. The molecule has 0 unspecified atom stereocenters. The summed E-state index contributed by atoms with van der Waals surface area (Å²) >= 11 is 0. The summed E-state index contributed by atoms with van der Waals surface area (Å²) < 4.78 is 4.06. The number of piperidine rings is 1. The van der Waals surface area contributed by atoms with Crippen molar-refractivity contribution in [2.75, 3.05) is 25.0 Å². The third kappa shape index (κ3) is 3.35. The summed E-state index contributed by atoms with van der Waals surface area (Å²) in [5.41, 5.74) is 4.39. The van der Waals surface area contributed by atoms with Crippen LogP contribution in [0.4, 0.5) is 5.82 Å². The van der Waals surface area contributed by atoms with Gasteiger partial charge >= 0.3 is 0 Å². The lowest BCUT2D eigenvalue weighted by Crippen LogP contribution is -2.31. The average Bonchev–Trinajstić information content (AvgIpc) is 3.35. The fourth-order valence-corrected chi connectivity index (χ4v) is 4.19. The van der Waals surface area contributed by atoms with Gasteiger partial charge in [-0.05, 0) is 57.8 Å². The van der Waals surface area contributed by atoms with Crippen molar-refractivity contribution in [3.8, 4) is 11.1 Å². The number of hydrogen-bond donors (Lipinski definition) is 2. The predicted octanol–water partition coefficient (Wildman–Crippen LogP) is 3.74. The predicted molar refractivity (Wildman–Crippen MR) is 116 cm³/mol. The number of nitrogens with zero attached hydrogens (tertiary/aromatic N) is 5. The Balaban J connectivity index is 1.57. The summed E-state index contributed by atoms with van der Waals surface area (Å²) in [5, 5.41) is 17.7. The van der Waals surface area contributed by atoms with Gasteiger partial charge in [-0.3, -0.25) is 9.67 Å². The summed E-state index contributed by atoms with van der Waals surface area (Å²) in [4.78, 5) is 4.25. The number of aromatic nitrogens is 5. The maximum absolute atomic E-state index is 4.93. The Morgan fingerprint density at radius 3 is 2.83 bits per heavy atom. The van der Waals surface area contributed by atoms with Gasteiger partial charge in [0.15, 0.2) is 5.82 Å². The van der Waals surface area contributed by atoms with Crippen molar-refractivity contribution in [3.05, 3.63) is 43.0 Å². The van der Waals surface area contributed by atoms with E-state index in [9.17, 15) is 0 Å². The highest BCUT2D eigenvalue weighted by molar-refractivity contribution is 6.00. The highest BCUT2D eigenvalue weighted by atomic mass is 15.3. The summed E-state index contributed by atoms with van der Waals surface area (Å²) in [7, 11) is 0. The molecule has 150 valence electrons. The molecule has 0 bridgehead atoms. The first-order valence-corrected chi connectivity index (χ1v) is 10.5. The fraction of sp³-hybridized carbons (Fsp3) is 0.409. The minimum absolute atomic E-state index is 0.259. The van der Waals surface area contributed by atoms with Gasteiger partial charge in [0.1, 0.15) is 0 Å². The molecule has 29 heavy (non-hydrogen) atoms. The smallest absolute Gasteiger partial charge is 0.157 e. The molecule has 1 saturated heterocycles. The summed E-state index contributed by atoms with van der Waals surface area (Å²) in [6.45, 7) is 7.52. The second-order valence-corrected chi connectivity index (χ2v) is 8.17. The highest BCUT2D eigenvalue weighted by Gasteiger charge is 2.19. The number of hydrogen-bond acceptors (Lipinski definition) is 5. The number of anilines is 1. The number of rotatable bonds is 5. The van der Waals surface area contributed by atoms with Gasteiger partial charge < -0.3 is 10.6 Å². The first-order chi connectivity index (χ1) is 14.2. The van der Waals surface area contributed by atoms with Crippen LogP contribution in [0.1, 0.15) is 32.7 Å². The Bertz CT molecular complexity index is 1120.